The van der Waals surface area contributed by atoms with Crippen molar-refractivity contribution in [1.29, 1.82) is 0 Å². The highest BCUT2D eigenvalue weighted by molar-refractivity contribution is 5.28. The van der Waals surface area contributed by atoms with Gasteiger partial charge in [-0.15, -0.1) is 0 Å². The summed E-state index contributed by atoms with van der Waals surface area (Å²) in [5.74, 6) is 0.634. The van der Waals surface area contributed by atoms with Gasteiger partial charge in [-0.05, 0) is 30.4 Å². The molecule has 1 saturated heterocycles. The molecule has 1 aliphatic heterocycles. The first kappa shape index (κ1) is 15.5. The summed E-state index contributed by atoms with van der Waals surface area (Å²) in [6, 6.07) is 8.91. The predicted molar refractivity (Wildman–Crippen MR) is 81.7 cm³/mol. The summed E-state index contributed by atoms with van der Waals surface area (Å²) >= 11 is 0. The number of hydrogen-bond donors (Lipinski definition) is 2. The number of rotatable bonds is 7. The number of aliphatic hydroxyl groups excluding tert-OH is 1. The highest BCUT2D eigenvalue weighted by Crippen LogP contribution is 2.29. The van der Waals surface area contributed by atoms with E-state index in [-0.39, 0.29) is 12.0 Å². The summed E-state index contributed by atoms with van der Waals surface area (Å²) in [5, 5.41) is 13.2. The van der Waals surface area contributed by atoms with Crippen LogP contribution in [-0.4, -0.2) is 31.5 Å². The molecular formula is C17H27NO2. The van der Waals surface area contributed by atoms with Crippen molar-refractivity contribution in [2.45, 2.75) is 33.2 Å². The molecule has 0 aromatic heterocycles. The van der Waals surface area contributed by atoms with Gasteiger partial charge in [-0.1, -0.05) is 38.1 Å². The van der Waals surface area contributed by atoms with Crippen molar-refractivity contribution >= 4 is 0 Å². The average molecular weight is 277 g/mol. The first-order chi connectivity index (χ1) is 9.56. The normalized spacial score (nSPS) is 18.9. The molecule has 3 heteroatoms. The van der Waals surface area contributed by atoms with Crippen LogP contribution in [0, 0.1) is 18.3 Å². The van der Waals surface area contributed by atoms with E-state index in [9.17, 15) is 5.11 Å². The molecule has 0 aliphatic carbocycles. The lowest BCUT2D eigenvalue weighted by Gasteiger charge is -2.41. The molecule has 20 heavy (non-hydrogen) atoms. The molecule has 0 saturated carbocycles. The van der Waals surface area contributed by atoms with E-state index in [0.717, 1.165) is 13.0 Å². The molecule has 1 aromatic carbocycles. The van der Waals surface area contributed by atoms with Crippen LogP contribution in [0.5, 0.6) is 0 Å². The van der Waals surface area contributed by atoms with Gasteiger partial charge in [0.2, 0.25) is 0 Å². The number of aliphatic hydroxyl groups is 1. The van der Waals surface area contributed by atoms with E-state index in [1.165, 1.54) is 11.1 Å². The summed E-state index contributed by atoms with van der Waals surface area (Å²) in [4.78, 5) is 0. The van der Waals surface area contributed by atoms with Crippen molar-refractivity contribution in [3.8, 4) is 0 Å². The molecule has 0 bridgehead atoms. The highest BCUT2D eigenvalue weighted by atomic mass is 16.5. The third kappa shape index (κ3) is 3.60. The Bertz CT molecular complexity index is 421. The monoisotopic (exact) mass is 277 g/mol. The Morgan fingerprint density at radius 1 is 1.30 bits per heavy atom. The average Bonchev–Trinajstić information content (AvgIpc) is 2.37. The van der Waals surface area contributed by atoms with Gasteiger partial charge >= 0.3 is 0 Å². The van der Waals surface area contributed by atoms with Crippen LogP contribution in [-0.2, 0) is 4.74 Å². The number of ether oxygens (including phenoxy) is 1. The summed E-state index contributed by atoms with van der Waals surface area (Å²) in [7, 11) is 0. The van der Waals surface area contributed by atoms with Crippen molar-refractivity contribution < 1.29 is 9.84 Å². The van der Waals surface area contributed by atoms with Crippen LogP contribution in [0.15, 0.2) is 24.3 Å². The van der Waals surface area contributed by atoms with E-state index in [2.05, 4.69) is 50.4 Å². The number of hydrogen-bond acceptors (Lipinski definition) is 3. The second kappa shape index (κ2) is 6.70. The zero-order valence-corrected chi connectivity index (χ0v) is 12.9. The van der Waals surface area contributed by atoms with Crippen LogP contribution >= 0.6 is 0 Å². The smallest absolute Gasteiger partial charge is 0.0579 e. The first-order valence-electron chi connectivity index (χ1n) is 7.54. The molecule has 112 valence electrons. The van der Waals surface area contributed by atoms with Crippen molar-refractivity contribution in [1.82, 2.24) is 5.32 Å². The largest absolute Gasteiger partial charge is 0.396 e. The molecule has 0 spiro atoms. The Balaban J connectivity index is 2.06. The lowest BCUT2D eigenvalue weighted by atomic mass is 9.85. The van der Waals surface area contributed by atoms with E-state index in [4.69, 9.17) is 4.74 Å². The second-order valence-corrected chi connectivity index (χ2v) is 6.57. The number of aryl methyl sites for hydroxylation is 1. The van der Waals surface area contributed by atoms with E-state index in [1.54, 1.807) is 0 Å². The molecular weight excluding hydrogens is 250 g/mol. The molecule has 0 radical (unpaired) electrons. The van der Waals surface area contributed by atoms with Crippen LogP contribution < -0.4 is 5.32 Å². The SMILES string of the molecule is Cc1ccccc1C(CC(C)C)NCC1(CO)COC1. The Morgan fingerprint density at radius 3 is 2.50 bits per heavy atom. The molecule has 1 heterocycles. The Hall–Kier alpha value is -0.900. The van der Waals surface area contributed by atoms with Crippen molar-refractivity contribution in [2.24, 2.45) is 11.3 Å². The third-order valence-corrected chi connectivity index (χ3v) is 4.15. The number of benzene rings is 1. The fourth-order valence-corrected chi connectivity index (χ4v) is 2.75. The second-order valence-electron chi connectivity index (χ2n) is 6.57. The minimum absolute atomic E-state index is 0.0715. The number of nitrogens with one attached hydrogen (secondary N) is 1. The van der Waals surface area contributed by atoms with Crippen molar-refractivity contribution in [2.75, 3.05) is 26.4 Å². The quantitative estimate of drug-likeness (QED) is 0.805. The summed E-state index contributed by atoms with van der Waals surface area (Å²) in [6.07, 6.45) is 1.10. The molecule has 1 aromatic rings. The maximum Gasteiger partial charge on any atom is 0.0579 e. The third-order valence-electron chi connectivity index (χ3n) is 4.15. The molecule has 0 amide bonds. The summed E-state index contributed by atoms with van der Waals surface area (Å²) < 4.78 is 5.27. The van der Waals surface area contributed by atoms with Gasteiger partial charge in [0, 0.05) is 12.6 Å². The lowest BCUT2D eigenvalue weighted by molar-refractivity contribution is -0.135. The van der Waals surface area contributed by atoms with Crippen LogP contribution in [0.1, 0.15) is 37.4 Å². The zero-order chi connectivity index (χ0) is 14.6. The van der Waals surface area contributed by atoms with Crippen LogP contribution in [0.3, 0.4) is 0 Å². The van der Waals surface area contributed by atoms with E-state index >= 15 is 0 Å². The first-order valence-corrected chi connectivity index (χ1v) is 7.54. The van der Waals surface area contributed by atoms with Gasteiger partial charge in [-0.2, -0.15) is 0 Å². The zero-order valence-electron chi connectivity index (χ0n) is 12.9. The Morgan fingerprint density at radius 2 is 2.00 bits per heavy atom. The molecule has 1 aliphatic rings. The molecule has 2 rings (SSSR count). The van der Waals surface area contributed by atoms with E-state index < -0.39 is 0 Å². The standard InChI is InChI=1S/C17H27NO2/c1-13(2)8-16(15-7-5-4-6-14(15)3)18-9-17(10-19)11-20-12-17/h4-7,13,16,18-19H,8-12H2,1-3H3. The fourth-order valence-electron chi connectivity index (χ4n) is 2.75. The van der Waals surface area contributed by atoms with Gasteiger partial charge in [-0.3, -0.25) is 0 Å². The Kier molecular flexibility index (Phi) is 5.19. The molecule has 2 N–H and O–H groups in total. The van der Waals surface area contributed by atoms with E-state index in [0.29, 0.717) is 25.2 Å². The van der Waals surface area contributed by atoms with Crippen LogP contribution in [0.25, 0.3) is 0 Å². The van der Waals surface area contributed by atoms with Crippen molar-refractivity contribution in [3.63, 3.8) is 0 Å². The molecule has 1 fully saturated rings. The maximum absolute atomic E-state index is 9.54. The predicted octanol–water partition coefficient (Wildman–Crippen LogP) is 2.68. The summed E-state index contributed by atoms with van der Waals surface area (Å²) in [6.45, 7) is 9.01. The maximum atomic E-state index is 9.54. The van der Waals surface area contributed by atoms with Gasteiger partial charge in [0.25, 0.3) is 0 Å². The summed E-state index contributed by atoms with van der Waals surface area (Å²) in [5.41, 5.74) is 2.63. The fraction of sp³-hybridized carbons (Fsp3) is 0.647. The van der Waals surface area contributed by atoms with Crippen LogP contribution in [0.2, 0.25) is 0 Å². The van der Waals surface area contributed by atoms with Crippen molar-refractivity contribution in [3.05, 3.63) is 35.4 Å². The molecule has 1 unspecified atom stereocenters. The molecule has 3 nitrogen and oxygen atoms in total. The van der Waals surface area contributed by atoms with E-state index in [1.807, 2.05) is 0 Å². The highest BCUT2D eigenvalue weighted by Gasteiger charge is 2.38. The minimum atomic E-state index is -0.0715. The topological polar surface area (TPSA) is 41.5 Å². The Labute approximate surface area is 122 Å². The van der Waals surface area contributed by atoms with Gasteiger partial charge in [0.1, 0.15) is 0 Å². The lowest BCUT2D eigenvalue weighted by Crippen LogP contribution is -2.52. The molecule has 1 atom stereocenters. The van der Waals surface area contributed by atoms with Gasteiger partial charge < -0.3 is 15.2 Å². The minimum Gasteiger partial charge on any atom is -0.396 e. The van der Waals surface area contributed by atoms with Gasteiger partial charge in [-0.25, -0.2) is 0 Å². The van der Waals surface area contributed by atoms with Gasteiger partial charge in [0.15, 0.2) is 0 Å². The van der Waals surface area contributed by atoms with Gasteiger partial charge in [0.05, 0.1) is 25.2 Å². The van der Waals surface area contributed by atoms with Crippen LogP contribution in [0.4, 0.5) is 0 Å².